The van der Waals surface area contributed by atoms with E-state index in [2.05, 4.69) is 0 Å². The van der Waals surface area contributed by atoms with Crippen LogP contribution in [0.1, 0.15) is 22.8 Å². The van der Waals surface area contributed by atoms with E-state index in [9.17, 15) is 14.0 Å². The molecular formula is C26H28FN3O5. The minimum Gasteiger partial charge on any atom is -0.486 e. The molecule has 3 heterocycles. The quantitative estimate of drug-likeness (QED) is 0.566. The first kappa shape index (κ1) is 23.2. The normalized spacial score (nSPS) is 17.8. The number of hydrogen-bond donors (Lipinski definition) is 0. The van der Waals surface area contributed by atoms with Crippen molar-refractivity contribution in [1.82, 2.24) is 4.90 Å². The van der Waals surface area contributed by atoms with Crippen LogP contribution in [-0.4, -0.2) is 63.9 Å². The molecule has 0 radical (unpaired) electrons. The van der Waals surface area contributed by atoms with E-state index >= 15 is 0 Å². The number of hydrogen-bond acceptors (Lipinski definition) is 7. The predicted molar refractivity (Wildman–Crippen MR) is 131 cm³/mol. The van der Waals surface area contributed by atoms with E-state index in [1.807, 2.05) is 16.7 Å². The summed E-state index contributed by atoms with van der Waals surface area (Å²) in [5.74, 6) is 0.0305. The van der Waals surface area contributed by atoms with Gasteiger partial charge < -0.3 is 28.6 Å². The molecular weight excluding hydrogens is 453 g/mol. The lowest BCUT2D eigenvalue weighted by Gasteiger charge is -2.32. The topological polar surface area (TPSA) is 75.5 Å². The van der Waals surface area contributed by atoms with Crippen molar-refractivity contribution < 1.29 is 23.1 Å². The number of carbonyl (C=O) groups is 1. The van der Waals surface area contributed by atoms with Crippen molar-refractivity contribution in [2.75, 3.05) is 56.7 Å². The fourth-order valence-corrected chi connectivity index (χ4v) is 4.63. The monoisotopic (exact) mass is 481 g/mol. The third kappa shape index (κ3) is 4.43. The Bertz CT molecular complexity index is 1340. The van der Waals surface area contributed by atoms with Crippen LogP contribution in [0.3, 0.4) is 0 Å². The van der Waals surface area contributed by atoms with E-state index in [1.165, 1.54) is 17.0 Å². The van der Waals surface area contributed by atoms with Gasteiger partial charge in [0.1, 0.15) is 12.2 Å². The van der Waals surface area contributed by atoms with Gasteiger partial charge in [-0.1, -0.05) is 6.07 Å². The van der Waals surface area contributed by atoms with Crippen LogP contribution in [-0.2, 0) is 11.3 Å². The van der Waals surface area contributed by atoms with Gasteiger partial charge in [-0.3, -0.25) is 9.59 Å². The number of carbonyl (C=O) groups excluding carboxylic acids is 1. The Morgan fingerprint density at radius 2 is 2.00 bits per heavy atom. The molecule has 2 aromatic carbocycles. The van der Waals surface area contributed by atoms with Crippen molar-refractivity contribution in [3.8, 4) is 5.75 Å². The molecule has 0 bridgehead atoms. The van der Waals surface area contributed by atoms with Crippen molar-refractivity contribution in [2.45, 2.75) is 19.6 Å². The lowest BCUT2D eigenvalue weighted by molar-refractivity contribution is 0.0517. The second-order valence-electron chi connectivity index (χ2n) is 9.15. The van der Waals surface area contributed by atoms with Gasteiger partial charge >= 0.3 is 0 Å². The standard InChI is InChI=1S/C26H28FN3O5/c1-16-14-30(8-9-33-16)23-13-22(31)19-12-17(26(32)28(2)3)11-18(24(19)35-23)15-29-7-10-34-25-20(27)5-4-6-21(25)29/h4-6,11-13,16H,7-10,14-15H2,1-3H3/t16-/m1/s1. The molecule has 9 heteroatoms. The fraction of sp³-hybridized carbons (Fsp3) is 0.385. The highest BCUT2D eigenvalue weighted by Gasteiger charge is 2.25. The number of fused-ring (bicyclic) bond motifs is 2. The highest BCUT2D eigenvalue weighted by atomic mass is 19.1. The number of rotatable bonds is 4. The molecule has 3 aromatic rings. The molecule has 35 heavy (non-hydrogen) atoms. The molecule has 2 aliphatic heterocycles. The summed E-state index contributed by atoms with van der Waals surface area (Å²) in [5, 5.41) is 0.338. The molecule has 1 aromatic heterocycles. The molecule has 0 unspecified atom stereocenters. The van der Waals surface area contributed by atoms with Crippen LogP contribution in [0, 0.1) is 5.82 Å². The second kappa shape index (κ2) is 9.22. The Labute approximate surface area is 202 Å². The number of amides is 1. The summed E-state index contributed by atoms with van der Waals surface area (Å²) in [6.45, 7) is 4.90. The minimum atomic E-state index is -0.427. The van der Waals surface area contributed by atoms with Crippen molar-refractivity contribution in [1.29, 1.82) is 0 Å². The van der Waals surface area contributed by atoms with Gasteiger partial charge in [0.2, 0.25) is 0 Å². The van der Waals surface area contributed by atoms with Gasteiger partial charge in [0.25, 0.3) is 5.91 Å². The van der Waals surface area contributed by atoms with Crippen LogP contribution in [0.2, 0.25) is 0 Å². The molecule has 0 N–H and O–H groups in total. The smallest absolute Gasteiger partial charge is 0.253 e. The molecule has 2 aliphatic rings. The minimum absolute atomic E-state index is 0.0176. The average Bonchev–Trinajstić information content (AvgIpc) is 2.84. The first-order valence-electron chi connectivity index (χ1n) is 11.7. The van der Waals surface area contributed by atoms with Crippen molar-refractivity contribution in [2.24, 2.45) is 0 Å². The predicted octanol–water partition coefficient (Wildman–Crippen LogP) is 3.26. The van der Waals surface area contributed by atoms with E-state index in [-0.39, 0.29) is 23.2 Å². The SMILES string of the molecule is C[C@@H]1CN(c2cc(=O)c3cc(C(=O)N(C)C)cc(CN4CCOc5c(F)cccc54)c3o2)CCO1. The summed E-state index contributed by atoms with van der Waals surface area (Å²) in [7, 11) is 3.33. The maximum Gasteiger partial charge on any atom is 0.253 e. The summed E-state index contributed by atoms with van der Waals surface area (Å²) >= 11 is 0. The highest BCUT2D eigenvalue weighted by Crippen LogP contribution is 2.36. The molecule has 1 atom stereocenters. The number of halogens is 1. The van der Waals surface area contributed by atoms with Crippen molar-refractivity contribution in [3.05, 3.63) is 63.6 Å². The lowest BCUT2D eigenvalue weighted by Crippen LogP contribution is -2.41. The van der Waals surface area contributed by atoms with Crippen LogP contribution in [0.5, 0.6) is 5.75 Å². The summed E-state index contributed by atoms with van der Waals surface area (Å²) in [5.41, 5.74) is 1.89. The van der Waals surface area contributed by atoms with E-state index in [0.717, 1.165) is 0 Å². The van der Waals surface area contributed by atoms with Crippen LogP contribution >= 0.6 is 0 Å². The lowest BCUT2D eigenvalue weighted by atomic mass is 10.0. The van der Waals surface area contributed by atoms with Crippen LogP contribution in [0.4, 0.5) is 16.0 Å². The molecule has 1 saturated heterocycles. The van der Waals surface area contributed by atoms with E-state index in [0.29, 0.717) is 73.1 Å². The molecule has 1 fully saturated rings. The summed E-state index contributed by atoms with van der Waals surface area (Å²) in [4.78, 5) is 31.5. The Kier molecular flexibility index (Phi) is 6.10. The number of anilines is 2. The van der Waals surface area contributed by atoms with Gasteiger partial charge in [0.15, 0.2) is 22.9 Å². The average molecular weight is 482 g/mol. The van der Waals surface area contributed by atoms with Gasteiger partial charge in [0, 0.05) is 50.9 Å². The molecule has 0 aliphatic carbocycles. The summed E-state index contributed by atoms with van der Waals surface area (Å²) < 4.78 is 31.9. The molecule has 0 spiro atoms. The maximum absolute atomic E-state index is 14.4. The van der Waals surface area contributed by atoms with Gasteiger partial charge in [0.05, 0.1) is 30.3 Å². The van der Waals surface area contributed by atoms with Crippen LogP contribution < -0.4 is 20.0 Å². The number of benzene rings is 2. The number of ether oxygens (including phenoxy) is 2. The Morgan fingerprint density at radius 1 is 1.17 bits per heavy atom. The van der Waals surface area contributed by atoms with Crippen molar-refractivity contribution in [3.63, 3.8) is 0 Å². The zero-order valence-corrected chi connectivity index (χ0v) is 20.0. The fourth-order valence-electron chi connectivity index (χ4n) is 4.63. The first-order valence-corrected chi connectivity index (χ1v) is 11.7. The zero-order valence-electron chi connectivity index (χ0n) is 20.0. The molecule has 184 valence electrons. The number of nitrogens with zero attached hydrogens (tertiary/aromatic N) is 3. The Hall–Kier alpha value is -3.59. The number of para-hydroxylation sites is 1. The summed E-state index contributed by atoms with van der Waals surface area (Å²) in [6.07, 6.45) is 0.0176. The molecule has 5 rings (SSSR count). The Morgan fingerprint density at radius 3 is 2.77 bits per heavy atom. The number of morpholine rings is 1. The highest BCUT2D eigenvalue weighted by molar-refractivity contribution is 5.98. The van der Waals surface area contributed by atoms with Gasteiger partial charge in [-0.15, -0.1) is 0 Å². The molecule has 1 amide bonds. The molecule has 8 nitrogen and oxygen atoms in total. The van der Waals surface area contributed by atoms with Gasteiger partial charge in [-0.2, -0.15) is 0 Å². The third-order valence-corrected chi connectivity index (χ3v) is 6.35. The third-order valence-electron chi connectivity index (χ3n) is 6.35. The summed E-state index contributed by atoms with van der Waals surface area (Å²) in [6, 6.07) is 9.62. The van der Waals surface area contributed by atoms with Crippen molar-refractivity contribution >= 4 is 28.4 Å². The van der Waals surface area contributed by atoms with Gasteiger partial charge in [-0.05, 0) is 31.2 Å². The van der Waals surface area contributed by atoms with Crippen LogP contribution in [0.15, 0.2) is 45.6 Å². The zero-order chi connectivity index (χ0) is 24.7. The van der Waals surface area contributed by atoms with Gasteiger partial charge in [-0.25, -0.2) is 4.39 Å². The largest absolute Gasteiger partial charge is 0.486 e. The van der Waals surface area contributed by atoms with E-state index in [4.69, 9.17) is 13.9 Å². The maximum atomic E-state index is 14.4. The second-order valence-corrected chi connectivity index (χ2v) is 9.15. The van der Waals surface area contributed by atoms with Crippen LogP contribution in [0.25, 0.3) is 11.0 Å². The Balaban J connectivity index is 1.63. The van der Waals surface area contributed by atoms with E-state index in [1.54, 1.807) is 38.4 Å². The molecule has 0 saturated carbocycles. The van der Waals surface area contributed by atoms with E-state index < -0.39 is 5.82 Å². The first-order chi connectivity index (χ1) is 16.8.